The van der Waals surface area contributed by atoms with Gasteiger partial charge in [0.25, 0.3) is 0 Å². The largest absolute Gasteiger partial charge is 0.0622 e. The van der Waals surface area contributed by atoms with Crippen LogP contribution >= 0.6 is 0 Å². The van der Waals surface area contributed by atoms with Crippen LogP contribution < -0.4 is 0 Å². The first-order chi connectivity index (χ1) is 18.3. The molecule has 0 atom stereocenters. The molecule has 0 saturated heterocycles. The molecular weight excluding hydrogens is 444 g/mol. The van der Waals surface area contributed by atoms with Crippen LogP contribution in [0, 0.1) is 6.92 Å². The molecular formula is C37H28. The first kappa shape index (κ1) is 22.8. The lowest BCUT2D eigenvalue weighted by atomic mass is 9.87. The van der Waals surface area contributed by atoms with Gasteiger partial charge in [0.1, 0.15) is 0 Å². The van der Waals surface area contributed by atoms with Gasteiger partial charge in [-0.2, -0.15) is 0 Å². The minimum atomic E-state index is 1.23. The first-order valence-corrected chi connectivity index (χ1v) is 12.8. The Bertz CT molecular complexity index is 1540. The van der Waals surface area contributed by atoms with Gasteiger partial charge < -0.3 is 0 Å². The second-order valence-corrected chi connectivity index (χ2v) is 9.46. The maximum Gasteiger partial charge on any atom is -0.0142 e. The average Bonchev–Trinajstić information content (AvgIpc) is 2.99. The molecule has 0 aliphatic carbocycles. The van der Waals surface area contributed by atoms with Gasteiger partial charge in [-0.1, -0.05) is 127 Å². The minimum Gasteiger partial charge on any atom is -0.0622 e. The second-order valence-electron chi connectivity index (χ2n) is 9.46. The standard InChI is InChI=1S/C37H28/c1-27-36(33-21-11-19-31(23-33)28-13-5-2-6-14-28)25-35(30-17-9-4-10-18-30)26-37(27)34-22-12-20-32(24-34)29-15-7-3-8-16-29/h2-26H,1H3. The van der Waals surface area contributed by atoms with E-state index in [1.807, 2.05) is 0 Å². The summed E-state index contributed by atoms with van der Waals surface area (Å²) in [6.07, 6.45) is 0. The van der Waals surface area contributed by atoms with Crippen LogP contribution in [0.25, 0.3) is 55.6 Å². The van der Waals surface area contributed by atoms with E-state index < -0.39 is 0 Å². The third-order valence-corrected chi connectivity index (χ3v) is 7.08. The van der Waals surface area contributed by atoms with Gasteiger partial charge in [-0.15, -0.1) is 0 Å². The van der Waals surface area contributed by atoms with E-state index in [1.54, 1.807) is 0 Å². The Labute approximate surface area is 219 Å². The van der Waals surface area contributed by atoms with Crippen LogP contribution in [0.1, 0.15) is 5.56 Å². The van der Waals surface area contributed by atoms with Crippen LogP contribution in [0.2, 0.25) is 0 Å². The van der Waals surface area contributed by atoms with Gasteiger partial charge in [0, 0.05) is 0 Å². The molecule has 0 spiro atoms. The Balaban J connectivity index is 1.54. The van der Waals surface area contributed by atoms with Crippen molar-refractivity contribution in [1.29, 1.82) is 0 Å². The number of rotatable bonds is 5. The molecule has 0 unspecified atom stereocenters. The van der Waals surface area contributed by atoms with Gasteiger partial charge in [-0.3, -0.25) is 0 Å². The van der Waals surface area contributed by atoms with Gasteiger partial charge >= 0.3 is 0 Å². The molecule has 0 nitrogen and oxygen atoms in total. The number of benzene rings is 6. The van der Waals surface area contributed by atoms with E-state index >= 15 is 0 Å². The molecule has 0 heteroatoms. The quantitative estimate of drug-likeness (QED) is 0.234. The lowest BCUT2D eigenvalue weighted by molar-refractivity contribution is 1.44. The molecule has 0 aliphatic rings. The normalized spacial score (nSPS) is 10.8. The summed E-state index contributed by atoms with van der Waals surface area (Å²) in [6, 6.07) is 54.4. The van der Waals surface area contributed by atoms with Gasteiger partial charge in [0.05, 0.1) is 0 Å². The van der Waals surface area contributed by atoms with Crippen molar-refractivity contribution in [1.82, 2.24) is 0 Å². The Hall–Kier alpha value is -4.68. The van der Waals surface area contributed by atoms with Crippen molar-refractivity contribution in [2.75, 3.05) is 0 Å². The molecule has 0 heterocycles. The predicted molar refractivity (Wildman–Crippen MR) is 158 cm³/mol. The molecule has 0 aliphatic heterocycles. The zero-order valence-corrected chi connectivity index (χ0v) is 20.9. The highest BCUT2D eigenvalue weighted by atomic mass is 14.2. The summed E-state index contributed by atoms with van der Waals surface area (Å²) < 4.78 is 0. The van der Waals surface area contributed by atoms with Gasteiger partial charge in [0.15, 0.2) is 0 Å². The Morgan fingerprint density at radius 2 is 0.595 bits per heavy atom. The fourth-order valence-corrected chi connectivity index (χ4v) is 5.11. The molecule has 0 fully saturated rings. The van der Waals surface area contributed by atoms with E-state index in [-0.39, 0.29) is 0 Å². The van der Waals surface area contributed by atoms with Crippen molar-refractivity contribution in [3.8, 4) is 55.6 Å². The predicted octanol–water partition coefficient (Wildman–Crippen LogP) is 10.3. The van der Waals surface area contributed by atoms with Crippen molar-refractivity contribution in [2.45, 2.75) is 6.92 Å². The summed E-state index contributed by atoms with van der Waals surface area (Å²) in [5, 5.41) is 0. The zero-order chi connectivity index (χ0) is 25.0. The fraction of sp³-hybridized carbons (Fsp3) is 0.0270. The van der Waals surface area contributed by atoms with E-state index in [1.165, 1.54) is 61.2 Å². The van der Waals surface area contributed by atoms with E-state index in [4.69, 9.17) is 0 Å². The van der Waals surface area contributed by atoms with Gasteiger partial charge in [-0.25, -0.2) is 0 Å². The average molecular weight is 473 g/mol. The van der Waals surface area contributed by atoms with Crippen molar-refractivity contribution in [3.63, 3.8) is 0 Å². The van der Waals surface area contributed by atoms with Gasteiger partial charge in [0.2, 0.25) is 0 Å². The Morgan fingerprint density at radius 3 is 1.00 bits per heavy atom. The highest BCUT2D eigenvalue weighted by Gasteiger charge is 2.14. The summed E-state index contributed by atoms with van der Waals surface area (Å²) in [6.45, 7) is 2.25. The highest BCUT2D eigenvalue weighted by molar-refractivity contribution is 5.87. The monoisotopic (exact) mass is 472 g/mol. The summed E-state index contributed by atoms with van der Waals surface area (Å²) in [4.78, 5) is 0. The Morgan fingerprint density at radius 1 is 0.270 bits per heavy atom. The second kappa shape index (κ2) is 10.1. The van der Waals surface area contributed by atoms with Crippen LogP contribution in [0.5, 0.6) is 0 Å². The van der Waals surface area contributed by atoms with Crippen LogP contribution in [0.3, 0.4) is 0 Å². The van der Waals surface area contributed by atoms with Gasteiger partial charge in [-0.05, 0) is 92.4 Å². The molecule has 6 rings (SSSR count). The molecule has 0 amide bonds. The van der Waals surface area contributed by atoms with E-state index in [2.05, 4.69) is 159 Å². The molecule has 0 aromatic heterocycles. The topological polar surface area (TPSA) is 0 Å². The summed E-state index contributed by atoms with van der Waals surface area (Å²) in [5.41, 5.74) is 13.7. The molecule has 37 heavy (non-hydrogen) atoms. The Kier molecular flexibility index (Phi) is 6.23. The lowest BCUT2D eigenvalue weighted by Crippen LogP contribution is -1.92. The maximum absolute atomic E-state index is 2.35. The van der Waals surface area contributed by atoms with E-state index in [0.717, 1.165) is 0 Å². The van der Waals surface area contributed by atoms with Crippen LogP contribution in [-0.4, -0.2) is 0 Å². The molecule has 0 N–H and O–H groups in total. The third kappa shape index (κ3) is 4.75. The van der Waals surface area contributed by atoms with Crippen molar-refractivity contribution in [3.05, 3.63) is 157 Å². The molecule has 0 bridgehead atoms. The molecule has 6 aromatic rings. The minimum absolute atomic E-state index is 1.23. The highest BCUT2D eigenvalue weighted by Crippen LogP contribution is 2.39. The number of hydrogen-bond acceptors (Lipinski definition) is 0. The summed E-state index contributed by atoms with van der Waals surface area (Å²) in [7, 11) is 0. The fourth-order valence-electron chi connectivity index (χ4n) is 5.11. The first-order valence-electron chi connectivity index (χ1n) is 12.8. The van der Waals surface area contributed by atoms with E-state index in [0.29, 0.717) is 0 Å². The third-order valence-electron chi connectivity index (χ3n) is 7.08. The lowest BCUT2D eigenvalue weighted by Gasteiger charge is -2.17. The van der Waals surface area contributed by atoms with Crippen molar-refractivity contribution in [2.24, 2.45) is 0 Å². The molecule has 0 radical (unpaired) electrons. The molecule has 176 valence electrons. The van der Waals surface area contributed by atoms with Crippen molar-refractivity contribution >= 4 is 0 Å². The maximum atomic E-state index is 2.35. The smallest absolute Gasteiger partial charge is 0.0142 e. The van der Waals surface area contributed by atoms with Crippen LogP contribution in [-0.2, 0) is 0 Å². The molecule has 6 aromatic carbocycles. The zero-order valence-electron chi connectivity index (χ0n) is 20.9. The SMILES string of the molecule is Cc1c(-c2cccc(-c3ccccc3)c2)cc(-c2ccccc2)cc1-c1cccc(-c2ccccc2)c1. The van der Waals surface area contributed by atoms with E-state index in [9.17, 15) is 0 Å². The summed E-state index contributed by atoms with van der Waals surface area (Å²) >= 11 is 0. The van der Waals surface area contributed by atoms with Crippen LogP contribution in [0.15, 0.2) is 152 Å². The molecule has 0 saturated carbocycles. The number of hydrogen-bond donors (Lipinski definition) is 0. The summed E-state index contributed by atoms with van der Waals surface area (Å²) in [5.74, 6) is 0. The van der Waals surface area contributed by atoms with Crippen molar-refractivity contribution < 1.29 is 0 Å². The van der Waals surface area contributed by atoms with Crippen LogP contribution in [0.4, 0.5) is 0 Å².